The van der Waals surface area contributed by atoms with Crippen LogP contribution in [0.5, 0.6) is 0 Å². The first kappa shape index (κ1) is 16.0. The fourth-order valence-corrected chi connectivity index (χ4v) is 2.54. The Morgan fingerprint density at radius 2 is 1.83 bits per heavy atom. The van der Waals surface area contributed by atoms with Crippen LogP contribution in [-0.4, -0.2) is 20.8 Å². The Kier molecular flexibility index (Phi) is 4.44. The number of amides is 1. The Morgan fingerprint density at radius 1 is 1.12 bits per heavy atom. The molecule has 3 rings (SSSR count). The van der Waals surface area contributed by atoms with Crippen molar-refractivity contribution in [2.24, 2.45) is 0 Å². The lowest BCUT2D eigenvalue weighted by Gasteiger charge is -2.23. The SMILES string of the molecule is CC(O)(CC(=O)Nc1ccc(-n2cccn2)cc1)c1ccccc1. The summed E-state index contributed by atoms with van der Waals surface area (Å²) in [6.45, 7) is 1.64. The van der Waals surface area contributed by atoms with Gasteiger partial charge in [-0.1, -0.05) is 30.3 Å². The molecule has 2 aromatic carbocycles. The van der Waals surface area contributed by atoms with E-state index in [-0.39, 0.29) is 12.3 Å². The van der Waals surface area contributed by atoms with E-state index in [1.54, 1.807) is 17.8 Å². The van der Waals surface area contributed by atoms with Gasteiger partial charge in [0.1, 0.15) is 0 Å². The minimum absolute atomic E-state index is 0.0160. The van der Waals surface area contributed by atoms with Crippen molar-refractivity contribution in [1.82, 2.24) is 9.78 Å². The lowest BCUT2D eigenvalue weighted by atomic mass is 9.92. The van der Waals surface area contributed by atoms with E-state index in [1.807, 2.05) is 66.9 Å². The summed E-state index contributed by atoms with van der Waals surface area (Å²) in [5.41, 5.74) is 1.10. The third kappa shape index (κ3) is 3.70. The van der Waals surface area contributed by atoms with Crippen molar-refractivity contribution in [3.8, 4) is 5.69 Å². The van der Waals surface area contributed by atoms with Crippen LogP contribution in [0.3, 0.4) is 0 Å². The van der Waals surface area contributed by atoms with Crippen molar-refractivity contribution >= 4 is 11.6 Å². The molecule has 5 nitrogen and oxygen atoms in total. The molecule has 5 heteroatoms. The molecular formula is C19H19N3O2. The molecule has 1 atom stereocenters. The van der Waals surface area contributed by atoms with E-state index in [4.69, 9.17) is 0 Å². The van der Waals surface area contributed by atoms with Crippen molar-refractivity contribution in [1.29, 1.82) is 0 Å². The minimum Gasteiger partial charge on any atom is -0.385 e. The van der Waals surface area contributed by atoms with E-state index >= 15 is 0 Å². The molecular weight excluding hydrogens is 302 g/mol. The van der Waals surface area contributed by atoms with Gasteiger partial charge in [0.2, 0.25) is 5.91 Å². The third-order valence-electron chi connectivity index (χ3n) is 3.82. The quantitative estimate of drug-likeness (QED) is 0.759. The summed E-state index contributed by atoms with van der Waals surface area (Å²) in [5, 5.41) is 17.5. The molecule has 122 valence electrons. The number of hydrogen-bond donors (Lipinski definition) is 2. The Bertz CT molecular complexity index is 794. The van der Waals surface area contributed by atoms with Gasteiger partial charge >= 0.3 is 0 Å². The second-order valence-corrected chi connectivity index (χ2v) is 5.86. The van der Waals surface area contributed by atoms with E-state index < -0.39 is 5.60 Å². The zero-order chi connectivity index (χ0) is 17.0. The molecule has 2 N–H and O–H groups in total. The summed E-state index contributed by atoms with van der Waals surface area (Å²) in [7, 11) is 0. The van der Waals surface area contributed by atoms with Crippen LogP contribution in [0, 0.1) is 0 Å². The van der Waals surface area contributed by atoms with Crippen molar-refractivity contribution in [3.63, 3.8) is 0 Å². The molecule has 0 aliphatic carbocycles. The largest absolute Gasteiger partial charge is 0.385 e. The van der Waals surface area contributed by atoms with Crippen LogP contribution in [0.4, 0.5) is 5.69 Å². The highest BCUT2D eigenvalue weighted by Crippen LogP contribution is 2.24. The summed E-state index contributed by atoms with van der Waals surface area (Å²) in [4.78, 5) is 12.2. The maximum atomic E-state index is 12.2. The van der Waals surface area contributed by atoms with Crippen LogP contribution in [0.2, 0.25) is 0 Å². The summed E-state index contributed by atoms with van der Waals surface area (Å²) in [6.07, 6.45) is 3.55. The monoisotopic (exact) mass is 321 g/mol. The van der Waals surface area contributed by atoms with Crippen LogP contribution in [0.1, 0.15) is 18.9 Å². The number of anilines is 1. The molecule has 24 heavy (non-hydrogen) atoms. The van der Waals surface area contributed by atoms with Crippen LogP contribution < -0.4 is 5.32 Å². The lowest BCUT2D eigenvalue weighted by Crippen LogP contribution is -2.28. The molecule has 0 radical (unpaired) electrons. The van der Waals surface area contributed by atoms with Gasteiger partial charge in [0, 0.05) is 18.1 Å². The van der Waals surface area contributed by atoms with E-state index in [0.29, 0.717) is 11.3 Å². The molecule has 0 aliphatic heterocycles. The number of rotatable bonds is 5. The molecule has 1 heterocycles. The summed E-state index contributed by atoms with van der Waals surface area (Å²) < 4.78 is 1.74. The number of hydrogen-bond acceptors (Lipinski definition) is 3. The molecule has 0 saturated carbocycles. The first-order valence-corrected chi connectivity index (χ1v) is 7.72. The number of nitrogens with one attached hydrogen (secondary N) is 1. The number of benzene rings is 2. The Labute approximate surface area is 140 Å². The molecule has 0 fully saturated rings. The Morgan fingerprint density at radius 3 is 2.46 bits per heavy atom. The maximum Gasteiger partial charge on any atom is 0.227 e. The number of carbonyl (C=O) groups excluding carboxylic acids is 1. The molecule has 0 aliphatic rings. The fourth-order valence-electron chi connectivity index (χ4n) is 2.54. The van der Waals surface area contributed by atoms with Gasteiger partial charge in [0.15, 0.2) is 0 Å². The highest BCUT2D eigenvalue weighted by molar-refractivity contribution is 5.91. The highest BCUT2D eigenvalue weighted by atomic mass is 16.3. The zero-order valence-electron chi connectivity index (χ0n) is 13.4. The van der Waals surface area contributed by atoms with Gasteiger partial charge < -0.3 is 10.4 Å². The van der Waals surface area contributed by atoms with Gasteiger partial charge in [-0.3, -0.25) is 4.79 Å². The maximum absolute atomic E-state index is 12.2. The molecule has 0 bridgehead atoms. The third-order valence-corrected chi connectivity index (χ3v) is 3.82. The van der Waals surface area contributed by atoms with E-state index in [0.717, 1.165) is 5.69 Å². The number of nitrogens with zero attached hydrogens (tertiary/aromatic N) is 2. The van der Waals surface area contributed by atoms with Crippen LogP contribution in [-0.2, 0) is 10.4 Å². The molecule has 3 aromatic rings. The van der Waals surface area contributed by atoms with Gasteiger partial charge in [0.25, 0.3) is 0 Å². The van der Waals surface area contributed by atoms with Gasteiger partial charge in [-0.25, -0.2) is 4.68 Å². The summed E-state index contributed by atoms with van der Waals surface area (Å²) in [5.74, 6) is -0.240. The standard InChI is InChI=1S/C19H19N3O2/c1-19(24,15-6-3-2-4-7-15)14-18(23)21-16-8-10-17(11-9-16)22-13-5-12-20-22/h2-13,24H,14H2,1H3,(H,21,23). The topological polar surface area (TPSA) is 67.2 Å². The predicted molar refractivity (Wildman–Crippen MR) is 92.8 cm³/mol. The van der Waals surface area contributed by atoms with Crippen molar-refractivity contribution in [2.45, 2.75) is 18.9 Å². The zero-order valence-corrected chi connectivity index (χ0v) is 13.4. The molecule has 1 amide bonds. The average Bonchev–Trinajstić information content (AvgIpc) is 3.10. The van der Waals surface area contributed by atoms with E-state index in [9.17, 15) is 9.90 Å². The number of carbonyl (C=O) groups is 1. The van der Waals surface area contributed by atoms with Crippen molar-refractivity contribution < 1.29 is 9.90 Å². The van der Waals surface area contributed by atoms with E-state index in [2.05, 4.69) is 10.4 Å². The van der Waals surface area contributed by atoms with Crippen LogP contribution >= 0.6 is 0 Å². The summed E-state index contributed by atoms with van der Waals surface area (Å²) >= 11 is 0. The Balaban J connectivity index is 1.64. The van der Waals surface area contributed by atoms with E-state index in [1.165, 1.54) is 0 Å². The van der Waals surface area contributed by atoms with Gasteiger partial charge in [-0.2, -0.15) is 5.10 Å². The van der Waals surface area contributed by atoms with Gasteiger partial charge in [0.05, 0.1) is 17.7 Å². The highest BCUT2D eigenvalue weighted by Gasteiger charge is 2.26. The number of aliphatic hydroxyl groups is 1. The molecule has 1 unspecified atom stereocenters. The second-order valence-electron chi connectivity index (χ2n) is 5.86. The first-order chi connectivity index (χ1) is 11.5. The van der Waals surface area contributed by atoms with Crippen LogP contribution in [0.15, 0.2) is 73.1 Å². The normalized spacial score (nSPS) is 13.2. The average molecular weight is 321 g/mol. The Hall–Kier alpha value is -2.92. The second kappa shape index (κ2) is 6.68. The fraction of sp³-hybridized carbons (Fsp3) is 0.158. The first-order valence-electron chi connectivity index (χ1n) is 7.72. The predicted octanol–water partition coefficient (Wildman–Crippen LogP) is 3.11. The van der Waals surface area contributed by atoms with Crippen molar-refractivity contribution in [2.75, 3.05) is 5.32 Å². The minimum atomic E-state index is -1.21. The number of aromatic nitrogens is 2. The molecule has 0 saturated heterocycles. The van der Waals surface area contributed by atoms with Gasteiger partial charge in [-0.05, 0) is 42.8 Å². The smallest absolute Gasteiger partial charge is 0.227 e. The lowest BCUT2D eigenvalue weighted by molar-refractivity contribution is -0.120. The summed E-state index contributed by atoms with van der Waals surface area (Å²) in [6, 6.07) is 18.4. The molecule has 1 aromatic heterocycles. The van der Waals surface area contributed by atoms with Crippen molar-refractivity contribution in [3.05, 3.63) is 78.6 Å². The van der Waals surface area contributed by atoms with Gasteiger partial charge in [-0.15, -0.1) is 0 Å². The molecule has 0 spiro atoms. The van der Waals surface area contributed by atoms with Crippen LogP contribution in [0.25, 0.3) is 5.69 Å².